The number of anilines is 1. The number of nitrogens with one attached hydrogen (secondary N) is 1. The van der Waals surface area contributed by atoms with Crippen LogP contribution in [0.4, 0.5) is 5.69 Å². The van der Waals surface area contributed by atoms with Crippen molar-refractivity contribution in [1.29, 1.82) is 0 Å². The molecule has 1 heterocycles. The lowest BCUT2D eigenvalue weighted by molar-refractivity contribution is -0.116. The van der Waals surface area contributed by atoms with Gasteiger partial charge in [0.1, 0.15) is 0 Å². The van der Waals surface area contributed by atoms with Gasteiger partial charge in [-0.25, -0.2) is 4.98 Å². The Labute approximate surface area is 163 Å². The van der Waals surface area contributed by atoms with E-state index in [2.05, 4.69) is 22.4 Å². The molecule has 28 heavy (non-hydrogen) atoms. The molecule has 1 N–H and O–H groups in total. The lowest BCUT2D eigenvalue weighted by Crippen LogP contribution is -2.12. The van der Waals surface area contributed by atoms with Crippen LogP contribution in [0.25, 0.3) is 22.5 Å². The van der Waals surface area contributed by atoms with Crippen LogP contribution in [0, 0.1) is 0 Å². The van der Waals surface area contributed by atoms with Crippen LogP contribution in [0.1, 0.15) is 12.3 Å². The molecule has 0 aliphatic rings. The van der Waals surface area contributed by atoms with Gasteiger partial charge in [-0.3, -0.25) is 4.79 Å². The van der Waals surface area contributed by atoms with E-state index in [1.807, 2.05) is 72.8 Å². The molecule has 0 saturated heterocycles. The van der Waals surface area contributed by atoms with Gasteiger partial charge in [-0.2, -0.15) is 0 Å². The molecule has 138 valence electrons. The SMILES string of the molecule is O=C(CCc1ncc(-c2ccccc2)o1)Nc1ccc(-c2ccccc2)cc1. The third-order valence-electron chi connectivity index (χ3n) is 4.45. The van der Waals surface area contributed by atoms with Crippen molar-refractivity contribution in [2.45, 2.75) is 12.8 Å². The van der Waals surface area contributed by atoms with Crippen molar-refractivity contribution < 1.29 is 9.21 Å². The van der Waals surface area contributed by atoms with Crippen LogP contribution in [-0.4, -0.2) is 10.9 Å². The Bertz CT molecular complexity index is 1040. The van der Waals surface area contributed by atoms with Crippen LogP contribution < -0.4 is 5.32 Å². The van der Waals surface area contributed by atoms with E-state index >= 15 is 0 Å². The third kappa shape index (κ3) is 4.35. The minimum absolute atomic E-state index is 0.0630. The van der Waals surface area contributed by atoms with Crippen molar-refractivity contribution in [3.63, 3.8) is 0 Å². The summed E-state index contributed by atoms with van der Waals surface area (Å²) in [5.74, 6) is 1.22. The minimum atomic E-state index is -0.0630. The highest BCUT2D eigenvalue weighted by Crippen LogP contribution is 2.22. The summed E-state index contributed by atoms with van der Waals surface area (Å²) in [6.45, 7) is 0. The summed E-state index contributed by atoms with van der Waals surface area (Å²) in [7, 11) is 0. The van der Waals surface area contributed by atoms with Gasteiger partial charge in [0.2, 0.25) is 5.91 Å². The number of carbonyl (C=O) groups is 1. The number of nitrogens with zero attached hydrogens (tertiary/aromatic N) is 1. The molecule has 0 aliphatic carbocycles. The summed E-state index contributed by atoms with van der Waals surface area (Å²) in [5, 5.41) is 2.92. The maximum Gasteiger partial charge on any atom is 0.224 e. The van der Waals surface area contributed by atoms with E-state index in [0.717, 1.165) is 22.4 Å². The molecule has 0 atom stereocenters. The summed E-state index contributed by atoms with van der Waals surface area (Å²) < 4.78 is 5.74. The van der Waals surface area contributed by atoms with E-state index < -0.39 is 0 Å². The Morgan fingerprint density at radius 3 is 2.07 bits per heavy atom. The second-order valence-corrected chi connectivity index (χ2v) is 6.48. The molecule has 1 aromatic heterocycles. The second-order valence-electron chi connectivity index (χ2n) is 6.48. The average Bonchev–Trinajstić information content (AvgIpc) is 3.23. The molecule has 4 nitrogen and oxygen atoms in total. The first kappa shape index (κ1) is 17.7. The predicted molar refractivity (Wildman–Crippen MR) is 111 cm³/mol. The Kier molecular flexibility index (Phi) is 5.29. The number of hydrogen-bond donors (Lipinski definition) is 1. The van der Waals surface area contributed by atoms with Crippen LogP contribution in [0.15, 0.2) is 95.5 Å². The van der Waals surface area contributed by atoms with Gasteiger partial charge in [0.05, 0.1) is 6.20 Å². The maximum atomic E-state index is 12.2. The van der Waals surface area contributed by atoms with Gasteiger partial charge in [0.15, 0.2) is 11.7 Å². The summed E-state index contributed by atoms with van der Waals surface area (Å²) in [5.41, 5.74) is 4.02. The van der Waals surface area contributed by atoms with E-state index in [1.165, 1.54) is 0 Å². The van der Waals surface area contributed by atoms with Crippen LogP contribution >= 0.6 is 0 Å². The fourth-order valence-corrected chi connectivity index (χ4v) is 2.98. The number of aromatic nitrogens is 1. The van der Waals surface area contributed by atoms with Gasteiger partial charge >= 0.3 is 0 Å². The van der Waals surface area contributed by atoms with Crippen molar-refractivity contribution >= 4 is 11.6 Å². The van der Waals surface area contributed by atoms with Crippen LogP contribution in [-0.2, 0) is 11.2 Å². The quantitative estimate of drug-likeness (QED) is 0.483. The lowest BCUT2D eigenvalue weighted by atomic mass is 10.1. The highest BCUT2D eigenvalue weighted by atomic mass is 16.4. The highest BCUT2D eigenvalue weighted by Gasteiger charge is 2.09. The number of amides is 1. The highest BCUT2D eigenvalue weighted by molar-refractivity contribution is 5.91. The molecule has 3 aromatic carbocycles. The van der Waals surface area contributed by atoms with Crippen molar-refractivity contribution in [3.05, 3.63) is 97.0 Å². The Morgan fingerprint density at radius 1 is 0.786 bits per heavy atom. The number of hydrogen-bond acceptors (Lipinski definition) is 3. The second kappa shape index (κ2) is 8.35. The first-order valence-corrected chi connectivity index (χ1v) is 9.23. The number of benzene rings is 3. The summed E-state index contributed by atoms with van der Waals surface area (Å²) in [6.07, 6.45) is 2.47. The fourth-order valence-electron chi connectivity index (χ4n) is 2.98. The van der Waals surface area contributed by atoms with Crippen molar-refractivity contribution in [3.8, 4) is 22.5 Å². The minimum Gasteiger partial charge on any atom is -0.441 e. The Morgan fingerprint density at radius 2 is 1.39 bits per heavy atom. The normalized spacial score (nSPS) is 10.6. The van der Waals surface area contributed by atoms with E-state index in [-0.39, 0.29) is 5.91 Å². The fraction of sp³-hybridized carbons (Fsp3) is 0.0833. The molecule has 4 rings (SSSR count). The first-order valence-electron chi connectivity index (χ1n) is 9.23. The smallest absolute Gasteiger partial charge is 0.224 e. The van der Waals surface area contributed by atoms with E-state index in [9.17, 15) is 4.79 Å². The Balaban J connectivity index is 1.32. The zero-order valence-corrected chi connectivity index (χ0v) is 15.3. The number of aryl methyl sites for hydroxylation is 1. The summed E-state index contributed by atoms with van der Waals surface area (Å²) >= 11 is 0. The van der Waals surface area contributed by atoms with Crippen LogP contribution in [0.3, 0.4) is 0 Å². The van der Waals surface area contributed by atoms with E-state index in [0.29, 0.717) is 24.5 Å². The standard InChI is InChI=1S/C24H20N2O2/c27-23(15-16-24-25-17-22(28-24)20-9-5-2-6-10-20)26-21-13-11-19(12-14-21)18-7-3-1-4-8-18/h1-14,17H,15-16H2,(H,26,27). The molecule has 0 bridgehead atoms. The van der Waals surface area contributed by atoms with Gasteiger partial charge < -0.3 is 9.73 Å². The van der Waals surface area contributed by atoms with Gasteiger partial charge in [-0.15, -0.1) is 0 Å². The number of oxazole rings is 1. The van der Waals surface area contributed by atoms with Crippen LogP contribution in [0.2, 0.25) is 0 Å². The monoisotopic (exact) mass is 368 g/mol. The topological polar surface area (TPSA) is 55.1 Å². The van der Waals surface area contributed by atoms with E-state index in [4.69, 9.17) is 4.42 Å². The first-order chi connectivity index (χ1) is 13.8. The molecular formula is C24H20N2O2. The van der Waals surface area contributed by atoms with Crippen molar-refractivity contribution in [2.24, 2.45) is 0 Å². The maximum absolute atomic E-state index is 12.2. The molecule has 4 aromatic rings. The number of carbonyl (C=O) groups excluding carboxylic acids is 1. The Hall–Kier alpha value is -3.66. The predicted octanol–water partition coefficient (Wildman–Crippen LogP) is 5.58. The number of rotatable bonds is 6. The third-order valence-corrected chi connectivity index (χ3v) is 4.45. The average molecular weight is 368 g/mol. The van der Waals surface area contributed by atoms with Crippen molar-refractivity contribution in [1.82, 2.24) is 4.98 Å². The molecular weight excluding hydrogens is 348 g/mol. The molecule has 1 amide bonds. The zero-order valence-electron chi connectivity index (χ0n) is 15.3. The van der Waals surface area contributed by atoms with Crippen LogP contribution in [0.5, 0.6) is 0 Å². The molecule has 4 heteroatoms. The molecule has 0 fully saturated rings. The lowest BCUT2D eigenvalue weighted by Gasteiger charge is -2.06. The van der Waals surface area contributed by atoms with Gasteiger partial charge in [0, 0.05) is 24.1 Å². The van der Waals surface area contributed by atoms with Gasteiger partial charge in [0.25, 0.3) is 0 Å². The van der Waals surface area contributed by atoms with Gasteiger partial charge in [-0.05, 0) is 23.3 Å². The van der Waals surface area contributed by atoms with Gasteiger partial charge in [-0.1, -0.05) is 72.8 Å². The summed E-state index contributed by atoms with van der Waals surface area (Å²) in [6, 6.07) is 27.8. The molecule has 0 spiro atoms. The summed E-state index contributed by atoms with van der Waals surface area (Å²) in [4.78, 5) is 16.5. The molecule has 0 radical (unpaired) electrons. The zero-order chi connectivity index (χ0) is 19.2. The molecule has 0 saturated carbocycles. The molecule has 0 unspecified atom stereocenters. The molecule has 0 aliphatic heterocycles. The largest absolute Gasteiger partial charge is 0.441 e. The van der Waals surface area contributed by atoms with E-state index in [1.54, 1.807) is 6.20 Å². The van der Waals surface area contributed by atoms with Crippen molar-refractivity contribution in [2.75, 3.05) is 5.32 Å².